The number of nitrogens with two attached hydrogens (primary N) is 1. The van der Waals surface area contributed by atoms with Gasteiger partial charge in [0.05, 0.1) is 6.61 Å². The minimum Gasteiger partial charge on any atom is -0.494 e. The van der Waals surface area contributed by atoms with Crippen molar-refractivity contribution in [1.29, 1.82) is 0 Å². The van der Waals surface area contributed by atoms with E-state index in [-0.39, 0.29) is 24.8 Å². The van der Waals surface area contributed by atoms with E-state index in [2.05, 4.69) is 25.0 Å². The van der Waals surface area contributed by atoms with Crippen LogP contribution < -0.4 is 15.4 Å². The lowest BCUT2D eigenvalue weighted by Gasteiger charge is -2.34. The van der Waals surface area contributed by atoms with Gasteiger partial charge in [0.25, 0.3) is 0 Å². The molecule has 2 heterocycles. The van der Waals surface area contributed by atoms with E-state index in [9.17, 15) is 0 Å². The van der Waals surface area contributed by atoms with Crippen LogP contribution in [0.5, 0.6) is 5.75 Å². The van der Waals surface area contributed by atoms with Crippen molar-refractivity contribution in [2.45, 2.75) is 12.8 Å². The molecule has 0 spiro atoms. The Morgan fingerprint density at radius 2 is 1.76 bits per heavy atom. The summed E-state index contributed by atoms with van der Waals surface area (Å²) in [4.78, 5) is 8.83. The van der Waals surface area contributed by atoms with Crippen molar-refractivity contribution in [2.24, 2.45) is 0 Å². The summed E-state index contributed by atoms with van der Waals surface area (Å²) in [6, 6.07) is 9.98. The highest BCUT2D eigenvalue weighted by Crippen LogP contribution is 2.12. The Bertz CT molecular complexity index is 589. The van der Waals surface area contributed by atoms with Gasteiger partial charge in [0.1, 0.15) is 5.75 Å². The molecular weight excluding hydrogens is 363 g/mol. The third-order valence-corrected chi connectivity index (χ3v) is 4.03. The van der Waals surface area contributed by atoms with E-state index in [1.54, 1.807) is 0 Å². The molecule has 0 saturated carbocycles. The topological polar surface area (TPSA) is 83.3 Å². The van der Waals surface area contributed by atoms with Gasteiger partial charge in [0, 0.05) is 26.2 Å². The molecule has 2 aromatic rings. The van der Waals surface area contributed by atoms with Crippen LogP contribution in [-0.2, 0) is 0 Å². The first-order chi connectivity index (χ1) is 11.3. The molecule has 3 N–H and O–H groups in total. The summed E-state index contributed by atoms with van der Waals surface area (Å²) in [7, 11) is 0. The number of halogens is 2. The number of unbranched alkanes of at least 4 members (excludes halogenated alkanes) is 1. The molecule has 1 aliphatic rings. The van der Waals surface area contributed by atoms with Crippen LogP contribution in [0.2, 0.25) is 0 Å². The molecule has 0 bridgehead atoms. The number of piperazine rings is 1. The second-order valence-electron chi connectivity index (χ2n) is 5.72. The summed E-state index contributed by atoms with van der Waals surface area (Å²) in [5.41, 5.74) is 5.57. The number of nitrogens with zero attached hydrogens (tertiary/aromatic N) is 4. The maximum Gasteiger partial charge on any atom is 0.246 e. The molecule has 0 atom stereocenters. The van der Waals surface area contributed by atoms with E-state index in [1.807, 2.05) is 30.3 Å². The fourth-order valence-electron chi connectivity index (χ4n) is 2.72. The minimum atomic E-state index is 0. The number of ether oxygens (including phenoxy) is 1. The van der Waals surface area contributed by atoms with Crippen LogP contribution >= 0.6 is 24.8 Å². The van der Waals surface area contributed by atoms with E-state index in [1.165, 1.54) is 0 Å². The molecule has 7 nitrogen and oxygen atoms in total. The molecule has 1 aliphatic heterocycles. The highest BCUT2D eigenvalue weighted by Gasteiger charge is 2.19. The molecule has 25 heavy (non-hydrogen) atoms. The number of aromatic amines is 1. The fourth-order valence-corrected chi connectivity index (χ4v) is 2.72. The average Bonchev–Trinajstić information content (AvgIpc) is 3.03. The quantitative estimate of drug-likeness (QED) is 0.707. The number of H-pyrrole nitrogens is 1. The third-order valence-electron chi connectivity index (χ3n) is 4.03. The Morgan fingerprint density at radius 3 is 2.40 bits per heavy atom. The van der Waals surface area contributed by atoms with E-state index >= 15 is 0 Å². The van der Waals surface area contributed by atoms with Crippen molar-refractivity contribution in [3.63, 3.8) is 0 Å². The molecule has 1 aromatic carbocycles. The van der Waals surface area contributed by atoms with Crippen molar-refractivity contribution < 1.29 is 4.74 Å². The summed E-state index contributed by atoms with van der Waals surface area (Å²) in [6.07, 6.45) is 2.23. The maximum atomic E-state index is 5.71. The van der Waals surface area contributed by atoms with E-state index < -0.39 is 0 Å². The van der Waals surface area contributed by atoms with Crippen molar-refractivity contribution in [3.05, 3.63) is 30.3 Å². The van der Waals surface area contributed by atoms with Crippen LogP contribution in [0, 0.1) is 0 Å². The van der Waals surface area contributed by atoms with E-state index in [0.717, 1.165) is 57.9 Å². The fraction of sp³-hybridized carbons (Fsp3) is 0.500. The van der Waals surface area contributed by atoms with Crippen molar-refractivity contribution in [2.75, 3.05) is 50.0 Å². The van der Waals surface area contributed by atoms with E-state index in [4.69, 9.17) is 10.5 Å². The predicted octanol–water partition coefficient (Wildman–Crippen LogP) is 2.21. The molecule has 1 aromatic heterocycles. The van der Waals surface area contributed by atoms with Crippen LogP contribution in [0.4, 0.5) is 11.9 Å². The van der Waals surface area contributed by atoms with Crippen LogP contribution in [0.1, 0.15) is 12.8 Å². The summed E-state index contributed by atoms with van der Waals surface area (Å²) < 4.78 is 5.71. The molecule has 0 amide bonds. The molecule has 3 rings (SSSR count). The number of hydrogen-bond donors (Lipinski definition) is 2. The number of benzene rings is 1. The predicted molar refractivity (Wildman–Crippen MR) is 105 cm³/mol. The zero-order chi connectivity index (χ0) is 15.9. The lowest BCUT2D eigenvalue weighted by atomic mass is 10.2. The average molecular weight is 389 g/mol. The number of nitrogens with one attached hydrogen (secondary N) is 1. The number of hydrogen-bond acceptors (Lipinski definition) is 6. The molecule has 9 heteroatoms. The number of rotatable bonds is 7. The Labute approximate surface area is 160 Å². The molecule has 1 fully saturated rings. The van der Waals surface area contributed by atoms with Gasteiger partial charge in [-0.05, 0) is 31.5 Å². The summed E-state index contributed by atoms with van der Waals surface area (Å²) in [5, 5.41) is 6.80. The van der Waals surface area contributed by atoms with Gasteiger partial charge in [-0.2, -0.15) is 4.98 Å². The summed E-state index contributed by atoms with van der Waals surface area (Å²) in [6.45, 7) is 5.85. The number of anilines is 2. The molecular formula is C16H26Cl2N6O. The van der Waals surface area contributed by atoms with Crippen molar-refractivity contribution in [1.82, 2.24) is 20.1 Å². The Hall–Kier alpha value is -1.70. The van der Waals surface area contributed by atoms with Gasteiger partial charge >= 0.3 is 0 Å². The molecule has 0 unspecified atom stereocenters. The first-order valence-electron chi connectivity index (χ1n) is 8.14. The van der Waals surface area contributed by atoms with Crippen LogP contribution in [0.15, 0.2) is 30.3 Å². The van der Waals surface area contributed by atoms with Gasteiger partial charge in [-0.1, -0.05) is 18.2 Å². The Morgan fingerprint density at radius 1 is 1.04 bits per heavy atom. The first-order valence-corrected chi connectivity index (χ1v) is 8.14. The molecule has 1 saturated heterocycles. The standard InChI is InChI=1S/C16H24N6O.2ClH/c17-15-18-16(20-19-15)22-11-9-21(10-12-22)8-4-5-13-23-14-6-2-1-3-7-14;;/h1-3,6-7H,4-5,8-13H2,(H3,17,18,19,20);2*1H. The number of aromatic nitrogens is 3. The normalized spacial score (nSPS) is 14.5. The summed E-state index contributed by atoms with van der Waals surface area (Å²) >= 11 is 0. The third kappa shape index (κ3) is 6.61. The van der Waals surface area contributed by atoms with Crippen molar-refractivity contribution in [3.8, 4) is 5.75 Å². The lowest BCUT2D eigenvalue weighted by Crippen LogP contribution is -2.47. The second-order valence-corrected chi connectivity index (χ2v) is 5.72. The molecule has 140 valence electrons. The summed E-state index contributed by atoms with van der Waals surface area (Å²) in [5.74, 6) is 2.03. The van der Waals surface area contributed by atoms with Crippen LogP contribution in [0.25, 0.3) is 0 Å². The van der Waals surface area contributed by atoms with Gasteiger partial charge in [-0.3, -0.25) is 4.90 Å². The highest BCUT2D eigenvalue weighted by atomic mass is 35.5. The minimum absolute atomic E-state index is 0. The van der Waals surface area contributed by atoms with Crippen molar-refractivity contribution >= 4 is 36.7 Å². The van der Waals surface area contributed by atoms with Crippen LogP contribution in [-0.4, -0.2) is 59.4 Å². The number of para-hydroxylation sites is 1. The highest BCUT2D eigenvalue weighted by molar-refractivity contribution is 5.85. The zero-order valence-electron chi connectivity index (χ0n) is 14.1. The van der Waals surface area contributed by atoms with E-state index in [0.29, 0.717) is 11.9 Å². The Balaban J connectivity index is 0.00000156. The van der Waals surface area contributed by atoms with Gasteiger partial charge in [0.15, 0.2) is 0 Å². The second kappa shape index (κ2) is 11.0. The largest absolute Gasteiger partial charge is 0.494 e. The molecule has 0 radical (unpaired) electrons. The number of nitrogen functional groups attached to an aromatic ring is 1. The molecule has 0 aliphatic carbocycles. The van der Waals surface area contributed by atoms with Crippen LogP contribution in [0.3, 0.4) is 0 Å². The monoisotopic (exact) mass is 388 g/mol. The van der Waals surface area contributed by atoms with Gasteiger partial charge in [0.2, 0.25) is 11.9 Å². The zero-order valence-corrected chi connectivity index (χ0v) is 15.8. The Kier molecular flexibility index (Phi) is 9.41. The van der Waals surface area contributed by atoms with Gasteiger partial charge < -0.3 is 15.4 Å². The van der Waals surface area contributed by atoms with Gasteiger partial charge in [-0.15, -0.1) is 29.9 Å². The lowest BCUT2D eigenvalue weighted by molar-refractivity contribution is 0.238. The smallest absolute Gasteiger partial charge is 0.246 e. The first kappa shape index (κ1) is 21.3. The SMILES string of the molecule is Cl.Cl.Nc1nc(N2CCN(CCCCOc3ccccc3)CC2)n[nH]1. The maximum absolute atomic E-state index is 5.71. The van der Waals surface area contributed by atoms with Gasteiger partial charge in [-0.25, -0.2) is 5.10 Å².